The number of benzene rings is 3. The van der Waals surface area contributed by atoms with Crippen molar-refractivity contribution in [1.29, 1.82) is 0 Å². The van der Waals surface area contributed by atoms with Crippen LogP contribution >= 0.6 is 0 Å². The fourth-order valence-electron chi connectivity index (χ4n) is 2.95. The van der Waals surface area contributed by atoms with Crippen molar-refractivity contribution >= 4 is 11.4 Å². The minimum Gasteiger partial charge on any atom is -0.487 e. The number of para-hydroxylation sites is 2. The van der Waals surface area contributed by atoms with E-state index in [2.05, 4.69) is 60.9 Å². The monoisotopic (exact) mass is 346 g/mol. The van der Waals surface area contributed by atoms with Gasteiger partial charge in [0, 0.05) is 18.8 Å². The topological polar surface area (TPSA) is 33.3 Å². The average Bonchev–Trinajstić information content (AvgIpc) is 2.64. The number of anilines is 2. The number of hydrogen-bond donors (Lipinski definition) is 2. The van der Waals surface area contributed by atoms with Crippen molar-refractivity contribution < 1.29 is 4.74 Å². The lowest BCUT2D eigenvalue weighted by Crippen LogP contribution is -2.14. The maximum Gasteiger partial charge on any atom is 0.142 e. The molecule has 3 nitrogen and oxygen atoms in total. The Morgan fingerprint density at radius 1 is 0.731 bits per heavy atom. The SMILES string of the molecule is Cc1cc(C)cc(NCCNc2ccccc2OCc2ccccc2)c1. The van der Waals surface area contributed by atoms with Crippen molar-refractivity contribution in [2.45, 2.75) is 20.5 Å². The number of aryl methyl sites for hydroxylation is 2. The summed E-state index contributed by atoms with van der Waals surface area (Å²) in [4.78, 5) is 0. The van der Waals surface area contributed by atoms with E-state index in [9.17, 15) is 0 Å². The summed E-state index contributed by atoms with van der Waals surface area (Å²) in [5, 5.41) is 6.93. The van der Waals surface area contributed by atoms with Crippen molar-refractivity contribution in [3.05, 3.63) is 89.5 Å². The first-order valence-corrected chi connectivity index (χ1v) is 9.02. The Kier molecular flexibility index (Phi) is 6.15. The lowest BCUT2D eigenvalue weighted by Gasteiger charge is -2.14. The van der Waals surface area contributed by atoms with E-state index in [0.717, 1.165) is 30.2 Å². The Morgan fingerprint density at radius 2 is 1.38 bits per heavy atom. The van der Waals surface area contributed by atoms with E-state index in [1.54, 1.807) is 0 Å². The van der Waals surface area contributed by atoms with E-state index in [1.807, 2.05) is 36.4 Å². The average molecular weight is 346 g/mol. The van der Waals surface area contributed by atoms with Gasteiger partial charge in [0.2, 0.25) is 0 Å². The second-order valence-corrected chi connectivity index (χ2v) is 6.50. The first-order chi connectivity index (χ1) is 12.7. The Labute approximate surface area is 156 Å². The van der Waals surface area contributed by atoms with Gasteiger partial charge in [-0.05, 0) is 54.8 Å². The van der Waals surface area contributed by atoms with Crippen LogP contribution in [0.15, 0.2) is 72.8 Å². The molecule has 134 valence electrons. The number of ether oxygens (including phenoxy) is 1. The fraction of sp³-hybridized carbons (Fsp3) is 0.217. The van der Waals surface area contributed by atoms with Gasteiger partial charge in [-0.25, -0.2) is 0 Å². The summed E-state index contributed by atoms with van der Waals surface area (Å²) in [6.07, 6.45) is 0. The van der Waals surface area contributed by atoms with E-state index in [0.29, 0.717) is 6.61 Å². The number of rotatable bonds is 8. The van der Waals surface area contributed by atoms with Gasteiger partial charge in [-0.3, -0.25) is 0 Å². The fourth-order valence-corrected chi connectivity index (χ4v) is 2.95. The number of nitrogens with one attached hydrogen (secondary N) is 2. The van der Waals surface area contributed by atoms with Crippen molar-refractivity contribution in [2.24, 2.45) is 0 Å². The molecule has 3 heteroatoms. The molecule has 3 aromatic carbocycles. The predicted octanol–water partition coefficient (Wildman–Crippen LogP) is 5.41. The Bertz CT molecular complexity index is 810. The smallest absolute Gasteiger partial charge is 0.142 e. The maximum absolute atomic E-state index is 5.99. The highest BCUT2D eigenvalue weighted by Crippen LogP contribution is 2.24. The summed E-state index contributed by atoms with van der Waals surface area (Å²) in [6.45, 7) is 6.47. The van der Waals surface area contributed by atoms with Crippen LogP contribution in [0.1, 0.15) is 16.7 Å². The molecule has 2 N–H and O–H groups in total. The first-order valence-electron chi connectivity index (χ1n) is 9.02. The molecule has 0 radical (unpaired) electrons. The zero-order valence-corrected chi connectivity index (χ0v) is 15.5. The second-order valence-electron chi connectivity index (χ2n) is 6.50. The molecular weight excluding hydrogens is 320 g/mol. The van der Waals surface area contributed by atoms with E-state index in [-0.39, 0.29) is 0 Å². The highest BCUT2D eigenvalue weighted by molar-refractivity contribution is 5.56. The zero-order chi connectivity index (χ0) is 18.2. The molecule has 0 bridgehead atoms. The van der Waals surface area contributed by atoms with Crippen molar-refractivity contribution in [3.63, 3.8) is 0 Å². The van der Waals surface area contributed by atoms with Crippen molar-refractivity contribution in [1.82, 2.24) is 0 Å². The van der Waals surface area contributed by atoms with Crippen LogP contribution < -0.4 is 15.4 Å². The largest absolute Gasteiger partial charge is 0.487 e. The van der Waals surface area contributed by atoms with Gasteiger partial charge in [0.05, 0.1) is 5.69 Å². The third kappa shape index (κ3) is 5.28. The highest BCUT2D eigenvalue weighted by Gasteiger charge is 2.03. The highest BCUT2D eigenvalue weighted by atomic mass is 16.5. The lowest BCUT2D eigenvalue weighted by atomic mass is 10.1. The Balaban J connectivity index is 1.51. The standard InChI is InChI=1S/C23H26N2O/c1-18-14-19(2)16-21(15-18)24-12-13-25-22-10-6-7-11-23(22)26-17-20-8-4-3-5-9-20/h3-11,14-16,24-25H,12-13,17H2,1-2H3. The third-order valence-electron chi connectivity index (χ3n) is 4.12. The molecule has 0 aliphatic heterocycles. The third-order valence-corrected chi connectivity index (χ3v) is 4.12. The molecule has 0 unspecified atom stereocenters. The van der Waals surface area contributed by atoms with Crippen molar-refractivity contribution in [3.8, 4) is 5.75 Å². The van der Waals surface area contributed by atoms with Gasteiger partial charge >= 0.3 is 0 Å². The van der Waals surface area contributed by atoms with Gasteiger partial charge in [-0.2, -0.15) is 0 Å². The van der Waals surface area contributed by atoms with Gasteiger partial charge in [0.1, 0.15) is 12.4 Å². The summed E-state index contributed by atoms with van der Waals surface area (Å²) >= 11 is 0. The number of hydrogen-bond acceptors (Lipinski definition) is 3. The van der Waals surface area contributed by atoms with Crippen LogP contribution in [0, 0.1) is 13.8 Å². The normalized spacial score (nSPS) is 10.4. The molecule has 0 saturated heterocycles. The molecular formula is C23H26N2O. The van der Waals surface area contributed by atoms with Gasteiger partial charge in [-0.1, -0.05) is 48.5 Å². The van der Waals surface area contributed by atoms with E-state index < -0.39 is 0 Å². The van der Waals surface area contributed by atoms with Crippen LogP contribution in [0.5, 0.6) is 5.75 Å². The van der Waals surface area contributed by atoms with Crippen molar-refractivity contribution in [2.75, 3.05) is 23.7 Å². The molecule has 0 saturated carbocycles. The summed E-state index contributed by atoms with van der Waals surface area (Å²) in [5.41, 5.74) is 5.91. The summed E-state index contributed by atoms with van der Waals surface area (Å²) in [5.74, 6) is 0.878. The molecule has 0 amide bonds. The molecule has 0 aromatic heterocycles. The summed E-state index contributed by atoms with van der Waals surface area (Å²) in [7, 11) is 0. The van der Waals surface area contributed by atoms with Gasteiger partial charge < -0.3 is 15.4 Å². The summed E-state index contributed by atoms with van der Waals surface area (Å²) in [6, 6.07) is 24.8. The predicted molar refractivity (Wildman–Crippen MR) is 110 cm³/mol. The molecule has 0 fully saturated rings. The quantitative estimate of drug-likeness (QED) is 0.535. The van der Waals surface area contributed by atoms with Gasteiger partial charge in [-0.15, -0.1) is 0 Å². The Hall–Kier alpha value is -2.94. The van der Waals surface area contributed by atoms with E-state index in [1.165, 1.54) is 16.7 Å². The van der Waals surface area contributed by atoms with Crippen LogP contribution in [-0.2, 0) is 6.61 Å². The minimum atomic E-state index is 0.570. The molecule has 3 aromatic rings. The molecule has 3 rings (SSSR count). The second kappa shape index (κ2) is 8.95. The van der Waals surface area contributed by atoms with Gasteiger partial charge in [0.15, 0.2) is 0 Å². The minimum absolute atomic E-state index is 0.570. The molecule has 0 spiro atoms. The van der Waals surface area contributed by atoms with Gasteiger partial charge in [0.25, 0.3) is 0 Å². The van der Waals surface area contributed by atoms with Crippen LogP contribution in [0.25, 0.3) is 0 Å². The molecule has 26 heavy (non-hydrogen) atoms. The lowest BCUT2D eigenvalue weighted by molar-refractivity contribution is 0.307. The molecule has 0 heterocycles. The van der Waals surface area contributed by atoms with Crippen LogP contribution in [-0.4, -0.2) is 13.1 Å². The van der Waals surface area contributed by atoms with E-state index >= 15 is 0 Å². The Morgan fingerprint density at radius 3 is 2.15 bits per heavy atom. The molecule has 0 atom stereocenters. The van der Waals surface area contributed by atoms with E-state index in [4.69, 9.17) is 4.74 Å². The molecule has 0 aliphatic rings. The first kappa shape index (κ1) is 17.9. The van der Waals surface area contributed by atoms with Crippen LogP contribution in [0.2, 0.25) is 0 Å². The van der Waals surface area contributed by atoms with Crippen LogP contribution in [0.3, 0.4) is 0 Å². The van der Waals surface area contributed by atoms with Crippen LogP contribution in [0.4, 0.5) is 11.4 Å². The zero-order valence-electron chi connectivity index (χ0n) is 15.5. The molecule has 0 aliphatic carbocycles. The maximum atomic E-state index is 5.99. The summed E-state index contributed by atoms with van der Waals surface area (Å²) < 4.78 is 5.99.